The number of benzene rings is 1. The minimum Gasteiger partial charge on any atom is -0.281 e. The van der Waals surface area contributed by atoms with Crippen molar-refractivity contribution >= 4 is 17.1 Å². The van der Waals surface area contributed by atoms with E-state index < -0.39 is 0 Å². The molecule has 2 aromatic rings. The average molecular weight is 218 g/mol. The molecular weight excluding hydrogens is 206 g/mol. The number of carbonyl (C=O) groups excluding carboxylic acids is 1. The van der Waals surface area contributed by atoms with E-state index in [9.17, 15) is 4.79 Å². The maximum atomic E-state index is 12.1. The fourth-order valence-electron chi connectivity index (χ4n) is 1.38. The molecule has 0 radical (unpaired) electrons. The van der Waals surface area contributed by atoms with Gasteiger partial charge in [0.2, 0.25) is 0 Å². The van der Waals surface area contributed by atoms with Crippen LogP contribution < -0.4 is 4.57 Å². The number of nitrogens with zero attached hydrogens (tertiary/aromatic N) is 1. The van der Waals surface area contributed by atoms with E-state index in [0.29, 0.717) is 0 Å². The van der Waals surface area contributed by atoms with Crippen molar-refractivity contribution in [2.24, 2.45) is 7.05 Å². The van der Waals surface area contributed by atoms with E-state index in [1.54, 1.807) is 0 Å². The predicted molar refractivity (Wildman–Crippen MR) is 60.1 cm³/mol. The van der Waals surface area contributed by atoms with Crippen LogP contribution in [0.2, 0.25) is 0 Å². The summed E-state index contributed by atoms with van der Waals surface area (Å²) < 4.78 is 1.93. The Balaban J connectivity index is 2.42. The molecule has 0 aliphatic rings. The van der Waals surface area contributed by atoms with Crippen molar-refractivity contribution < 1.29 is 9.36 Å². The average Bonchev–Trinajstić information content (AvgIpc) is 2.60. The smallest absolute Gasteiger partial charge is 0.281 e. The van der Waals surface area contributed by atoms with Crippen LogP contribution in [-0.2, 0) is 7.05 Å². The molecule has 0 aliphatic heterocycles. The van der Waals surface area contributed by atoms with Crippen molar-refractivity contribution in [3.05, 3.63) is 52.0 Å². The van der Waals surface area contributed by atoms with E-state index in [1.165, 1.54) is 11.3 Å². The van der Waals surface area contributed by atoms with Gasteiger partial charge in [-0.1, -0.05) is 41.7 Å². The molecule has 3 heteroatoms. The Kier molecular flexibility index (Phi) is 2.64. The van der Waals surface area contributed by atoms with Gasteiger partial charge in [0, 0.05) is 12.5 Å². The van der Waals surface area contributed by atoms with Gasteiger partial charge in [-0.25, -0.2) is 0 Å². The largest absolute Gasteiger partial charge is 0.310 e. The maximum Gasteiger partial charge on any atom is 0.310 e. The summed E-state index contributed by atoms with van der Waals surface area (Å²) in [5, 5.41) is 2.77. The molecule has 15 heavy (non-hydrogen) atoms. The van der Waals surface area contributed by atoms with E-state index >= 15 is 0 Å². The van der Waals surface area contributed by atoms with Crippen molar-refractivity contribution in [3.63, 3.8) is 0 Å². The van der Waals surface area contributed by atoms with Gasteiger partial charge in [-0.2, -0.15) is 4.57 Å². The number of rotatable bonds is 2. The zero-order valence-electron chi connectivity index (χ0n) is 8.73. The lowest BCUT2D eigenvalue weighted by Crippen LogP contribution is -2.35. The van der Waals surface area contributed by atoms with Crippen LogP contribution in [0.1, 0.15) is 21.1 Å². The number of aryl methyl sites for hydroxylation is 1. The first kappa shape index (κ1) is 10.1. The first-order valence-electron chi connectivity index (χ1n) is 4.74. The van der Waals surface area contributed by atoms with Crippen LogP contribution in [0.5, 0.6) is 0 Å². The second kappa shape index (κ2) is 3.95. The highest BCUT2D eigenvalue weighted by molar-refractivity contribution is 7.11. The molecule has 0 aliphatic carbocycles. The van der Waals surface area contributed by atoms with Crippen molar-refractivity contribution in [1.29, 1.82) is 0 Å². The van der Waals surface area contributed by atoms with Crippen molar-refractivity contribution in [3.8, 4) is 0 Å². The van der Waals surface area contributed by atoms with E-state index in [1.807, 2.05) is 54.3 Å². The molecule has 0 saturated heterocycles. The summed E-state index contributed by atoms with van der Waals surface area (Å²) in [4.78, 5) is 12.1. The molecule has 2 nitrogen and oxygen atoms in total. The van der Waals surface area contributed by atoms with E-state index in [0.717, 1.165) is 16.3 Å². The Morgan fingerprint density at radius 1 is 1.27 bits per heavy atom. The zero-order chi connectivity index (χ0) is 10.8. The van der Waals surface area contributed by atoms with Crippen molar-refractivity contribution in [2.45, 2.75) is 6.92 Å². The molecule has 0 unspecified atom stereocenters. The Hall–Kier alpha value is -1.48. The van der Waals surface area contributed by atoms with E-state index in [2.05, 4.69) is 0 Å². The third kappa shape index (κ3) is 1.83. The van der Waals surface area contributed by atoms with Crippen LogP contribution in [0, 0.1) is 6.92 Å². The lowest BCUT2D eigenvalue weighted by molar-refractivity contribution is -0.674. The topological polar surface area (TPSA) is 20.9 Å². The Bertz CT molecular complexity index is 488. The van der Waals surface area contributed by atoms with Gasteiger partial charge < -0.3 is 0 Å². The molecule has 0 fully saturated rings. The Morgan fingerprint density at radius 2 is 1.93 bits per heavy atom. The molecule has 1 heterocycles. The molecule has 0 N–H and O–H groups in total. The normalized spacial score (nSPS) is 10.3. The van der Waals surface area contributed by atoms with Crippen molar-refractivity contribution in [2.75, 3.05) is 0 Å². The monoisotopic (exact) mass is 218 g/mol. The molecule has 0 bridgehead atoms. The highest BCUT2D eigenvalue weighted by atomic mass is 32.1. The number of hydrogen-bond donors (Lipinski definition) is 0. The number of thiazole rings is 1. The van der Waals surface area contributed by atoms with Crippen molar-refractivity contribution in [1.82, 2.24) is 0 Å². The first-order chi connectivity index (χ1) is 7.20. The molecule has 0 atom stereocenters. The van der Waals surface area contributed by atoms with E-state index in [4.69, 9.17) is 0 Å². The minimum atomic E-state index is 0.0937. The summed E-state index contributed by atoms with van der Waals surface area (Å²) in [5.74, 6) is 0.0937. The number of ketones is 1. The summed E-state index contributed by atoms with van der Waals surface area (Å²) in [5.41, 5.74) is 1.86. The van der Waals surface area contributed by atoms with Gasteiger partial charge >= 0.3 is 5.01 Å². The third-order valence-corrected chi connectivity index (χ3v) is 3.55. The number of aromatic nitrogens is 1. The van der Waals surface area contributed by atoms with Gasteiger partial charge in [-0.15, -0.1) is 0 Å². The highest BCUT2D eigenvalue weighted by Crippen LogP contribution is 2.12. The zero-order valence-corrected chi connectivity index (χ0v) is 9.54. The van der Waals surface area contributed by atoms with Crippen LogP contribution in [-0.4, -0.2) is 5.78 Å². The van der Waals surface area contributed by atoms with Gasteiger partial charge in [-0.05, 0) is 0 Å². The lowest BCUT2D eigenvalue weighted by Gasteiger charge is -1.94. The van der Waals surface area contributed by atoms with Gasteiger partial charge in [-0.3, -0.25) is 4.79 Å². The minimum absolute atomic E-state index is 0.0937. The van der Waals surface area contributed by atoms with Crippen LogP contribution in [0.3, 0.4) is 0 Å². The van der Waals surface area contributed by atoms with Gasteiger partial charge in [0.25, 0.3) is 5.78 Å². The molecule has 0 saturated carbocycles. The molecule has 2 rings (SSSR count). The van der Waals surface area contributed by atoms with Crippen LogP contribution in [0.4, 0.5) is 0 Å². The van der Waals surface area contributed by atoms with Crippen LogP contribution in [0.25, 0.3) is 0 Å². The molecule has 0 amide bonds. The predicted octanol–water partition coefficient (Wildman–Crippen LogP) is 2.11. The number of hydrogen-bond acceptors (Lipinski definition) is 2. The Morgan fingerprint density at radius 3 is 2.47 bits per heavy atom. The quantitative estimate of drug-likeness (QED) is 0.558. The van der Waals surface area contributed by atoms with Gasteiger partial charge in [0.1, 0.15) is 7.05 Å². The first-order valence-corrected chi connectivity index (χ1v) is 5.62. The summed E-state index contributed by atoms with van der Waals surface area (Å²) in [6.45, 7) is 2.00. The summed E-state index contributed by atoms with van der Waals surface area (Å²) in [6.07, 6.45) is 0. The molecule has 1 aromatic carbocycles. The lowest BCUT2D eigenvalue weighted by atomic mass is 10.1. The standard InChI is InChI=1S/C12H12NOS/c1-9-8-15-12(13(9)2)11(14)10-6-4-3-5-7-10/h3-8H,1-2H3/q+1. The molecule has 0 spiro atoms. The van der Waals surface area contributed by atoms with Crippen LogP contribution >= 0.6 is 11.3 Å². The fraction of sp³-hybridized carbons (Fsp3) is 0.167. The highest BCUT2D eigenvalue weighted by Gasteiger charge is 2.22. The fourth-order valence-corrected chi connectivity index (χ4v) is 2.35. The second-order valence-corrected chi connectivity index (χ2v) is 4.29. The molecule has 1 aromatic heterocycles. The second-order valence-electron chi connectivity index (χ2n) is 3.44. The molecular formula is C12H12NOS+. The summed E-state index contributed by atoms with van der Waals surface area (Å²) in [7, 11) is 1.92. The third-order valence-electron chi connectivity index (χ3n) is 2.41. The van der Waals surface area contributed by atoms with Gasteiger partial charge in [0.15, 0.2) is 5.69 Å². The summed E-state index contributed by atoms with van der Waals surface area (Å²) >= 11 is 1.49. The molecule has 76 valence electrons. The summed E-state index contributed by atoms with van der Waals surface area (Å²) in [6, 6.07) is 9.37. The maximum absolute atomic E-state index is 12.1. The van der Waals surface area contributed by atoms with E-state index in [-0.39, 0.29) is 5.78 Å². The Labute approximate surface area is 92.8 Å². The van der Waals surface area contributed by atoms with Gasteiger partial charge in [0.05, 0.1) is 5.38 Å². The SMILES string of the molecule is Cc1csc(C(=O)c2ccccc2)[n+]1C. The number of carbonyl (C=O) groups is 1. The van der Waals surface area contributed by atoms with Crippen LogP contribution in [0.15, 0.2) is 35.7 Å².